The molecular formula is C28H37F3N4O4. The Balaban J connectivity index is 1.82. The summed E-state index contributed by atoms with van der Waals surface area (Å²) < 4.78 is 51.2. The Hall–Kier alpha value is -3.37. The Morgan fingerprint density at radius 2 is 1.72 bits per heavy atom. The third-order valence-electron chi connectivity index (χ3n) is 6.72. The van der Waals surface area contributed by atoms with Crippen LogP contribution in [-0.4, -0.2) is 70.2 Å². The van der Waals surface area contributed by atoms with Gasteiger partial charge >= 0.3 is 12.3 Å². The summed E-state index contributed by atoms with van der Waals surface area (Å²) in [5.41, 5.74) is -1.11. The third-order valence-corrected chi connectivity index (χ3v) is 6.72. The highest BCUT2D eigenvalue weighted by molar-refractivity contribution is 5.82. The van der Waals surface area contributed by atoms with Gasteiger partial charge in [0.1, 0.15) is 17.8 Å². The number of hydrogen-bond acceptors (Lipinski definition) is 6. The van der Waals surface area contributed by atoms with Gasteiger partial charge in [-0.3, -0.25) is 9.78 Å². The number of likely N-dealkylation sites (tertiary alicyclic amines) is 1. The van der Waals surface area contributed by atoms with Crippen molar-refractivity contribution in [3.05, 3.63) is 53.5 Å². The van der Waals surface area contributed by atoms with Crippen molar-refractivity contribution in [1.82, 2.24) is 19.8 Å². The van der Waals surface area contributed by atoms with Crippen LogP contribution in [0.1, 0.15) is 63.8 Å². The first-order valence-electron chi connectivity index (χ1n) is 12.8. The number of nitrogens with zero attached hydrogens (tertiary/aromatic N) is 4. The summed E-state index contributed by atoms with van der Waals surface area (Å²) in [5, 5.41) is 0. The quantitative estimate of drug-likeness (QED) is 0.475. The molecule has 214 valence electrons. The van der Waals surface area contributed by atoms with Crippen LogP contribution >= 0.6 is 0 Å². The minimum absolute atomic E-state index is 0.252. The average Bonchev–Trinajstić information content (AvgIpc) is 2.85. The lowest BCUT2D eigenvalue weighted by Crippen LogP contribution is -2.55. The molecule has 8 nitrogen and oxygen atoms in total. The molecule has 2 amide bonds. The number of hydrogen-bond donors (Lipinski definition) is 0. The number of halogens is 3. The van der Waals surface area contributed by atoms with Crippen molar-refractivity contribution >= 4 is 12.0 Å². The first-order chi connectivity index (χ1) is 18.0. The smallest absolute Gasteiger partial charge is 0.421 e. The minimum Gasteiger partial charge on any atom is -0.476 e. The summed E-state index contributed by atoms with van der Waals surface area (Å²) in [6, 6.07) is 5.53. The second-order valence-corrected chi connectivity index (χ2v) is 11.5. The molecular weight excluding hydrogens is 513 g/mol. The predicted molar refractivity (Wildman–Crippen MR) is 139 cm³/mol. The van der Waals surface area contributed by atoms with Crippen molar-refractivity contribution in [3.8, 4) is 5.88 Å². The maximum Gasteiger partial charge on any atom is 0.421 e. The molecule has 39 heavy (non-hydrogen) atoms. The average molecular weight is 551 g/mol. The van der Waals surface area contributed by atoms with E-state index in [-0.39, 0.29) is 24.5 Å². The fourth-order valence-corrected chi connectivity index (χ4v) is 4.75. The molecule has 0 radical (unpaired) electrons. The van der Waals surface area contributed by atoms with Crippen molar-refractivity contribution in [2.75, 3.05) is 26.7 Å². The van der Waals surface area contributed by atoms with E-state index in [1.54, 1.807) is 57.7 Å². The molecule has 0 N–H and O–H groups in total. The van der Waals surface area contributed by atoms with Gasteiger partial charge in [-0.25, -0.2) is 9.78 Å². The highest BCUT2D eigenvalue weighted by Crippen LogP contribution is 2.37. The summed E-state index contributed by atoms with van der Waals surface area (Å²) in [5.74, 6) is -1.12. The van der Waals surface area contributed by atoms with Crippen LogP contribution in [0.5, 0.6) is 5.88 Å². The van der Waals surface area contributed by atoms with Crippen molar-refractivity contribution in [1.29, 1.82) is 0 Å². The first-order valence-corrected chi connectivity index (χ1v) is 12.8. The first kappa shape index (κ1) is 30.2. The van der Waals surface area contributed by atoms with E-state index < -0.39 is 34.7 Å². The normalized spacial score (nSPS) is 18.5. The molecule has 2 atom stereocenters. The Kier molecular flexibility index (Phi) is 8.82. The number of amides is 2. The largest absolute Gasteiger partial charge is 0.476 e. The Morgan fingerprint density at radius 3 is 2.33 bits per heavy atom. The van der Waals surface area contributed by atoms with E-state index in [1.165, 1.54) is 12.3 Å². The summed E-state index contributed by atoms with van der Waals surface area (Å²) in [6.07, 6.45) is -1.68. The number of pyridine rings is 2. The van der Waals surface area contributed by atoms with Crippen LogP contribution in [0.2, 0.25) is 0 Å². The van der Waals surface area contributed by atoms with E-state index >= 15 is 0 Å². The van der Waals surface area contributed by atoms with E-state index in [2.05, 4.69) is 9.97 Å². The highest BCUT2D eigenvalue weighted by Gasteiger charge is 2.42. The lowest BCUT2D eigenvalue weighted by Gasteiger charge is -2.44. The number of piperidine rings is 1. The van der Waals surface area contributed by atoms with E-state index in [4.69, 9.17) is 9.47 Å². The molecule has 3 heterocycles. The molecule has 0 aliphatic carbocycles. The van der Waals surface area contributed by atoms with Gasteiger partial charge in [0.2, 0.25) is 11.8 Å². The van der Waals surface area contributed by atoms with Gasteiger partial charge in [-0.15, -0.1) is 0 Å². The Labute approximate surface area is 227 Å². The number of aromatic nitrogens is 2. The molecule has 1 aliphatic rings. The number of alkyl halides is 3. The Bertz CT molecular complexity index is 1180. The fraction of sp³-hybridized carbons (Fsp3) is 0.571. The molecule has 3 rings (SSSR count). The molecule has 2 aromatic rings. The molecule has 1 aliphatic heterocycles. The zero-order valence-corrected chi connectivity index (χ0v) is 23.5. The number of carbonyl (C=O) groups excluding carboxylic acids is 2. The number of aryl methyl sites for hydroxylation is 1. The summed E-state index contributed by atoms with van der Waals surface area (Å²) in [7, 11) is 1.68. The summed E-state index contributed by atoms with van der Waals surface area (Å²) in [6.45, 7) is 11.0. The van der Waals surface area contributed by atoms with Crippen LogP contribution in [-0.2, 0) is 15.7 Å². The van der Waals surface area contributed by atoms with E-state index in [0.29, 0.717) is 19.5 Å². The molecule has 2 aromatic heterocycles. The van der Waals surface area contributed by atoms with Crippen LogP contribution in [0.3, 0.4) is 0 Å². The van der Waals surface area contributed by atoms with Gasteiger partial charge in [-0.2, -0.15) is 13.2 Å². The number of rotatable bonds is 6. The SMILES string of the molecule is Cc1ncccc1[C@@H]1CN(C(=O)OC(C)(C)C)CC[C@H]1N(C)C(=O)C(C)(C)COc1ncccc1C(F)(F)F. The second-order valence-electron chi connectivity index (χ2n) is 11.5. The Morgan fingerprint density at radius 1 is 1.08 bits per heavy atom. The van der Waals surface area contributed by atoms with Crippen LogP contribution in [0.15, 0.2) is 36.7 Å². The zero-order chi connectivity index (χ0) is 29.2. The molecule has 1 saturated heterocycles. The number of carbonyl (C=O) groups is 2. The van der Waals surface area contributed by atoms with Crippen molar-refractivity contribution in [2.24, 2.45) is 5.41 Å². The summed E-state index contributed by atoms with van der Waals surface area (Å²) in [4.78, 5) is 38.0. The monoisotopic (exact) mass is 550 g/mol. The van der Waals surface area contributed by atoms with E-state index in [0.717, 1.165) is 17.3 Å². The topological polar surface area (TPSA) is 84.9 Å². The molecule has 0 bridgehead atoms. The standard InChI is InChI=1S/C28H37F3N4O4/c1-18-19(10-8-13-32-18)20-16-35(25(37)39-26(2,3)4)15-12-22(20)34(7)24(36)27(5,6)17-38-23-21(28(29,30)31)11-9-14-33-23/h8-11,13-14,20,22H,12,15-17H2,1-7H3/t20-,22+/m0/s1. The van der Waals surface area contributed by atoms with E-state index in [9.17, 15) is 22.8 Å². The minimum atomic E-state index is -4.63. The highest BCUT2D eigenvalue weighted by atomic mass is 19.4. The van der Waals surface area contributed by atoms with Gasteiger partial charge in [0.25, 0.3) is 0 Å². The lowest BCUT2D eigenvalue weighted by molar-refractivity contribution is -0.144. The van der Waals surface area contributed by atoms with Gasteiger partial charge in [0.15, 0.2) is 0 Å². The molecule has 0 saturated carbocycles. The van der Waals surface area contributed by atoms with Gasteiger partial charge < -0.3 is 19.3 Å². The molecule has 0 aromatic carbocycles. The van der Waals surface area contributed by atoms with Gasteiger partial charge in [-0.05, 0) is 71.7 Å². The van der Waals surface area contributed by atoms with E-state index in [1.807, 2.05) is 19.1 Å². The predicted octanol–water partition coefficient (Wildman–Crippen LogP) is 5.46. The van der Waals surface area contributed by atoms with Crippen LogP contribution in [0, 0.1) is 12.3 Å². The van der Waals surface area contributed by atoms with Crippen molar-refractivity contribution in [3.63, 3.8) is 0 Å². The number of likely N-dealkylation sites (N-methyl/N-ethyl adjacent to an activating group) is 1. The summed E-state index contributed by atoms with van der Waals surface area (Å²) >= 11 is 0. The number of ether oxygens (including phenoxy) is 2. The van der Waals surface area contributed by atoms with Crippen molar-refractivity contribution < 1.29 is 32.2 Å². The van der Waals surface area contributed by atoms with Crippen LogP contribution in [0.4, 0.5) is 18.0 Å². The van der Waals surface area contributed by atoms with Gasteiger partial charge in [0.05, 0.1) is 5.41 Å². The lowest BCUT2D eigenvalue weighted by atomic mass is 9.83. The molecule has 11 heteroatoms. The molecule has 0 spiro atoms. The zero-order valence-electron chi connectivity index (χ0n) is 23.5. The molecule has 1 fully saturated rings. The molecule has 0 unspecified atom stereocenters. The fourth-order valence-electron chi connectivity index (χ4n) is 4.75. The van der Waals surface area contributed by atoms with Crippen LogP contribution < -0.4 is 4.74 Å². The van der Waals surface area contributed by atoms with Gasteiger partial charge in [-0.1, -0.05) is 6.07 Å². The second kappa shape index (κ2) is 11.4. The van der Waals surface area contributed by atoms with Crippen molar-refractivity contribution in [2.45, 2.75) is 71.7 Å². The third kappa shape index (κ3) is 7.39. The van der Waals surface area contributed by atoms with Gasteiger partial charge in [0, 0.05) is 50.2 Å². The van der Waals surface area contributed by atoms with Crippen LogP contribution in [0.25, 0.3) is 0 Å². The maximum atomic E-state index is 13.7. The maximum absolute atomic E-state index is 13.7.